The highest BCUT2D eigenvalue weighted by Gasteiger charge is 2.35. The second-order valence-electron chi connectivity index (χ2n) is 9.87. The fraction of sp³-hybridized carbons (Fsp3) is 0.357. The first-order valence-corrected chi connectivity index (χ1v) is 13.0. The Morgan fingerprint density at radius 3 is 2.71 bits per heavy atom. The molecule has 0 aliphatic carbocycles. The van der Waals surface area contributed by atoms with E-state index < -0.39 is 35.9 Å². The van der Waals surface area contributed by atoms with E-state index >= 15 is 4.39 Å². The van der Waals surface area contributed by atoms with Gasteiger partial charge in [0.05, 0.1) is 43.2 Å². The Morgan fingerprint density at radius 1 is 1.14 bits per heavy atom. The number of hydrogen-bond donors (Lipinski definition) is 4. The van der Waals surface area contributed by atoms with Gasteiger partial charge in [-0.15, -0.1) is 0 Å². The van der Waals surface area contributed by atoms with Gasteiger partial charge in [0.2, 0.25) is 11.8 Å². The molecule has 1 aliphatic heterocycles. The van der Waals surface area contributed by atoms with E-state index in [4.69, 9.17) is 18.9 Å². The summed E-state index contributed by atoms with van der Waals surface area (Å²) in [5.41, 5.74) is 1.85. The number of methoxy groups -OCH3 is 1. The molecule has 42 heavy (non-hydrogen) atoms. The van der Waals surface area contributed by atoms with Crippen LogP contribution in [-0.4, -0.2) is 92.4 Å². The van der Waals surface area contributed by atoms with Crippen molar-refractivity contribution in [1.29, 1.82) is 0 Å². The Hall–Kier alpha value is -4.53. The maximum absolute atomic E-state index is 15.1. The van der Waals surface area contributed by atoms with Gasteiger partial charge in [-0.2, -0.15) is 0 Å². The standard InChI is InChI=1S/C28H29FN4O9/c1-14-5-17-19(32-14)3-4-22(26(17)29)42-27-18-8-23(39-2)24(9-20(18)30-12-31-27)41-10-16(35)6-15(34)7-25(36)33-13-40-11-21(33)28(37)38/h3-5,8-9,12,15-16,21,32,34-35H,6-7,10-11,13H2,1-2H3,(H,37,38). The number of carboxylic acids is 1. The number of benzene rings is 2. The van der Waals surface area contributed by atoms with Gasteiger partial charge in [-0.25, -0.2) is 19.2 Å². The van der Waals surface area contributed by atoms with E-state index in [2.05, 4.69) is 15.0 Å². The molecular weight excluding hydrogens is 555 g/mol. The summed E-state index contributed by atoms with van der Waals surface area (Å²) in [5, 5.41) is 30.7. The predicted octanol–water partition coefficient (Wildman–Crippen LogP) is 2.51. The number of aryl methyl sites for hydroxylation is 1. The van der Waals surface area contributed by atoms with Gasteiger partial charge < -0.3 is 44.2 Å². The molecule has 4 aromatic rings. The molecule has 13 nitrogen and oxygen atoms in total. The zero-order valence-electron chi connectivity index (χ0n) is 22.7. The van der Waals surface area contributed by atoms with Crippen LogP contribution in [0.1, 0.15) is 18.5 Å². The average Bonchev–Trinajstić information content (AvgIpc) is 3.60. The zero-order chi connectivity index (χ0) is 30.0. The smallest absolute Gasteiger partial charge is 0.328 e. The lowest BCUT2D eigenvalue weighted by Gasteiger charge is -2.22. The molecule has 0 saturated carbocycles. The van der Waals surface area contributed by atoms with Crippen LogP contribution in [0, 0.1) is 12.7 Å². The number of amides is 1. The average molecular weight is 585 g/mol. The Labute approximate surface area is 238 Å². The number of carbonyl (C=O) groups excluding carboxylic acids is 1. The first-order valence-electron chi connectivity index (χ1n) is 13.0. The molecule has 3 atom stereocenters. The molecule has 5 rings (SSSR count). The molecule has 3 unspecified atom stereocenters. The minimum Gasteiger partial charge on any atom is -0.493 e. The number of nitrogens with one attached hydrogen (secondary N) is 1. The first-order chi connectivity index (χ1) is 20.1. The molecule has 4 N–H and O–H groups in total. The van der Waals surface area contributed by atoms with Crippen molar-refractivity contribution in [1.82, 2.24) is 19.9 Å². The van der Waals surface area contributed by atoms with E-state index in [1.807, 2.05) is 6.92 Å². The van der Waals surface area contributed by atoms with Crippen LogP contribution in [0.5, 0.6) is 23.1 Å². The number of hydrogen-bond acceptors (Lipinski definition) is 10. The molecule has 2 aromatic heterocycles. The van der Waals surface area contributed by atoms with E-state index in [1.54, 1.807) is 24.3 Å². The molecular formula is C28H29FN4O9. The minimum atomic E-state index is -1.24. The maximum Gasteiger partial charge on any atom is 0.328 e. The van der Waals surface area contributed by atoms with E-state index in [0.717, 1.165) is 10.6 Å². The van der Waals surface area contributed by atoms with Crippen LogP contribution >= 0.6 is 0 Å². The zero-order valence-corrected chi connectivity index (χ0v) is 22.7. The molecule has 1 saturated heterocycles. The van der Waals surface area contributed by atoms with E-state index in [1.165, 1.54) is 19.5 Å². The van der Waals surface area contributed by atoms with Crippen LogP contribution < -0.4 is 14.2 Å². The highest BCUT2D eigenvalue weighted by atomic mass is 19.1. The number of carboxylic acid groups (broad SMARTS) is 1. The minimum absolute atomic E-state index is 0.0170. The lowest BCUT2D eigenvalue weighted by Crippen LogP contribution is -2.43. The van der Waals surface area contributed by atoms with Gasteiger partial charge in [0.15, 0.2) is 29.1 Å². The van der Waals surface area contributed by atoms with Crippen molar-refractivity contribution in [3.05, 3.63) is 48.2 Å². The number of carbonyl (C=O) groups is 2. The highest BCUT2D eigenvalue weighted by Crippen LogP contribution is 2.37. The number of aliphatic carboxylic acids is 1. The SMILES string of the molecule is COc1cc2c(Oc3ccc4[nH]c(C)cc4c3F)ncnc2cc1OCC(O)CC(O)CC(=O)N1COCC1C(=O)O. The van der Waals surface area contributed by atoms with Crippen molar-refractivity contribution < 1.29 is 48.2 Å². The highest BCUT2D eigenvalue weighted by molar-refractivity contribution is 5.88. The number of aliphatic hydroxyl groups is 2. The van der Waals surface area contributed by atoms with Gasteiger partial charge >= 0.3 is 5.97 Å². The van der Waals surface area contributed by atoms with Crippen molar-refractivity contribution in [2.24, 2.45) is 0 Å². The van der Waals surface area contributed by atoms with Gasteiger partial charge in [-0.1, -0.05) is 0 Å². The Balaban J connectivity index is 1.25. The molecule has 2 aromatic carbocycles. The largest absolute Gasteiger partial charge is 0.493 e. The van der Waals surface area contributed by atoms with Crippen LogP contribution in [-0.2, 0) is 14.3 Å². The summed E-state index contributed by atoms with van der Waals surface area (Å²) < 4.78 is 37.2. The number of ether oxygens (including phenoxy) is 4. The van der Waals surface area contributed by atoms with Crippen LogP contribution in [0.2, 0.25) is 0 Å². The molecule has 222 valence electrons. The van der Waals surface area contributed by atoms with Crippen molar-refractivity contribution in [2.75, 3.05) is 27.1 Å². The summed E-state index contributed by atoms with van der Waals surface area (Å²) in [7, 11) is 1.42. The summed E-state index contributed by atoms with van der Waals surface area (Å²) in [6.45, 7) is 1.27. The third kappa shape index (κ3) is 6.05. The molecule has 0 radical (unpaired) electrons. The fourth-order valence-electron chi connectivity index (χ4n) is 4.73. The normalized spacial score (nSPS) is 16.5. The number of rotatable bonds is 11. The molecule has 0 bridgehead atoms. The lowest BCUT2D eigenvalue weighted by molar-refractivity contribution is -0.148. The van der Waals surface area contributed by atoms with Gasteiger partial charge in [-0.05, 0) is 31.2 Å². The third-order valence-corrected chi connectivity index (χ3v) is 6.80. The monoisotopic (exact) mass is 584 g/mol. The lowest BCUT2D eigenvalue weighted by atomic mass is 10.1. The Morgan fingerprint density at radius 2 is 1.95 bits per heavy atom. The number of fused-ring (bicyclic) bond motifs is 2. The Bertz CT molecular complexity index is 1630. The van der Waals surface area contributed by atoms with Crippen molar-refractivity contribution in [2.45, 2.75) is 38.0 Å². The predicted molar refractivity (Wildman–Crippen MR) is 145 cm³/mol. The maximum atomic E-state index is 15.1. The van der Waals surface area contributed by atoms with Crippen LogP contribution in [0.4, 0.5) is 4.39 Å². The fourth-order valence-corrected chi connectivity index (χ4v) is 4.73. The van der Waals surface area contributed by atoms with Crippen molar-refractivity contribution in [3.8, 4) is 23.1 Å². The van der Waals surface area contributed by atoms with Gasteiger partial charge in [0.25, 0.3) is 0 Å². The van der Waals surface area contributed by atoms with Crippen LogP contribution in [0.3, 0.4) is 0 Å². The van der Waals surface area contributed by atoms with Crippen LogP contribution in [0.15, 0.2) is 36.7 Å². The van der Waals surface area contributed by atoms with Gasteiger partial charge in [0, 0.05) is 29.1 Å². The van der Waals surface area contributed by atoms with Crippen molar-refractivity contribution in [3.63, 3.8) is 0 Å². The van der Waals surface area contributed by atoms with Crippen molar-refractivity contribution >= 4 is 33.7 Å². The number of aliphatic hydroxyl groups excluding tert-OH is 2. The van der Waals surface area contributed by atoms with Gasteiger partial charge in [-0.3, -0.25) is 4.79 Å². The summed E-state index contributed by atoms with van der Waals surface area (Å²) in [6.07, 6.45) is -1.75. The molecule has 1 fully saturated rings. The molecule has 1 amide bonds. The molecule has 0 spiro atoms. The van der Waals surface area contributed by atoms with E-state index in [0.29, 0.717) is 21.8 Å². The van der Waals surface area contributed by atoms with Crippen LogP contribution in [0.25, 0.3) is 21.8 Å². The van der Waals surface area contributed by atoms with Gasteiger partial charge in [0.1, 0.15) is 19.7 Å². The molecule has 1 aliphatic rings. The second kappa shape index (κ2) is 12.1. The first kappa shape index (κ1) is 29.0. The topological polar surface area (TPSA) is 177 Å². The van der Waals surface area contributed by atoms with E-state index in [-0.39, 0.29) is 55.9 Å². The van der Waals surface area contributed by atoms with E-state index in [9.17, 15) is 24.9 Å². The second-order valence-corrected chi connectivity index (χ2v) is 9.87. The summed E-state index contributed by atoms with van der Waals surface area (Å²) in [4.78, 5) is 36.2. The third-order valence-electron chi connectivity index (χ3n) is 6.80. The number of H-pyrrole nitrogens is 1. The molecule has 14 heteroatoms. The summed E-state index contributed by atoms with van der Waals surface area (Å²) in [6, 6.07) is 6.90. The number of nitrogens with zero attached hydrogens (tertiary/aromatic N) is 3. The number of aromatic nitrogens is 3. The number of aromatic amines is 1. The quantitative estimate of drug-likeness (QED) is 0.204. The molecule has 3 heterocycles. The summed E-state index contributed by atoms with van der Waals surface area (Å²) >= 11 is 0. The number of halogens is 1. The Kier molecular flexibility index (Phi) is 8.38. The summed E-state index contributed by atoms with van der Waals surface area (Å²) in [5.74, 6) is -1.77.